The van der Waals surface area contributed by atoms with Gasteiger partial charge in [-0.15, -0.1) is 0 Å². The minimum Gasteiger partial charge on any atom is -0.382 e. The van der Waals surface area contributed by atoms with E-state index >= 15 is 0 Å². The number of hydrogen-bond acceptors (Lipinski definition) is 2. The highest BCUT2D eigenvalue weighted by atomic mass is 35.5. The first-order chi connectivity index (χ1) is 8.02. The maximum Gasteiger partial charge on any atom is 0.0543 e. The molecule has 17 heavy (non-hydrogen) atoms. The number of hydrogen-bond donors (Lipinski definition) is 1. The molecule has 0 spiro atoms. The smallest absolute Gasteiger partial charge is 0.0543 e. The maximum absolute atomic E-state index is 6.09. The van der Waals surface area contributed by atoms with Gasteiger partial charge in [0, 0.05) is 23.2 Å². The van der Waals surface area contributed by atoms with Gasteiger partial charge in [0.25, 0.3) is 0 Å². The lowest BCUT2D eigenvalue weighted by molar-refractivity contribution is 0.107. The van der Waals surface area contributed by atoms with Gasteiger partial charge in [0.15, 0.2) is 0 Å². The van der Waals surface area contributed by atoms with Crippen LogP contribution in [0.25, 0.3) is 0 Å². The SMILES string of the molecule is COC(C)CCC(N)Cc1cc(Cl)ccc1Cl. The molecule has 1 aromatic rings. The normalized spacial score (nSPS) is 14.6. The molecule has 0 aliphatic heterocycles. The minimum atomic E-state index is 0.0866. The van der Waals surface area contributed by atoms with Gasteiger partial charge < -0.3 is 10.5 Å². The molecule has 2 unspecified atom stereocenters. The van der Waals surface area contributed by atoms with Crippen LogP contribution < -0.4 is 5.73 Å². The van der Waals surface area contributed by atoms with E-state index in [9.17, 15) is 0 Å². The highest BCUT2D eigenvalue weighted by Gasteiger charge is 2.10. The number of rotatable bonds is 6. The van der Waals surface area contributed by atoms with Gasteiger partial charge >= 0.3 is 0 Å². The van der Waals surface area contributed by atoms with Crippen molar-refractivity contribution in [2.24, 2.45) is 5.73 Å². The first-order valence-electron chi connectivity index (χ1n) is 5.75. The van der Waals surface area contributed by atoms with Crippen LogP contribution in [-0.2, 0) is 11.2 Å². The second-order valence-electron chi connectivity index (χ2n) is 4.32. The van der Waals surface area contributed by atoms with Crippen LogP contribution in [-0.4, -0.2) is 19.3 Å². The molecule has 0 amide bonds. The van der Waals surface area contributed by atoms with Crippen LogP contribution in [0.1, 0.15) is 25.3 Å². The average molecular weight is 276 g/mol. The molecule has 0 saturated heterocycles. The Labute approximate surface area is 113 Å². The number of ether oxygens (including phenoxy) is 1. The molecule has 2 atom stereocenters. The minimum absolute atomic E-state index is 0.0866. The molecular formula is C13H19Cl2NO. The van der Waals surface area contributed by atoms with Gasteiger partial charge in [0.1, 0.15) is 0 Å². The third-order valence-corrected chi connectivity index (χ3v) is 3.44. The Morgan fingerprint density at radius 2 is 2.00 bits per heavy atom. The van der Waals surface area contributed by atoms with Gasteiger partial charge in [-0.1, -0.05) is 23.2 Å². The van der Waals surface area contributed by atoms with Crippen molar-refractivity contribution < 1.29 is 4.74 Å². The molecule has 0 aliphatic carbocycles. The number of halogens is 2. The molecule has 0 saturated carbocycles. The maximum atomic E-state index is 6.09. The molecule has 0 radical (unpaired) electrons. The fourth-order valence-corrected chi connectivity index (χ4v) is 2.04. The highest BCUT2D eigenvalue weighted by molar-refractivity contribution is 6.33. The zero-order valence-electron chi connectivity index (χ0n) is 10.2. The van der Waals surface area contributed by atoms with Gasteiger partial charge in [-0.05, 0) is 49.9 Å². The molecule has 96 valence electrons. The summed E-state index contributed by atoms with van der Waals surface area (Å²) in [6, 6.07) is 5.56. The lowest BCUT2D eigenvalue weighted by Gasteiger charge is -2.15. The van der Waals surface area contributed by atoms with Crippen molar-refractivity contribution in [1.82, 2.24) is 0 Å². The lowest BCUT2D eigenvalue weighted by Crippen LogP contribution is -2.24. The summed E-state index contributed by atoms with van der Waals surface area (Å²) in [5.74, 6) is 0. The fourth-order valence-electron chi connectivity index (χ4n) is 1.65. The van der Waals surface area contributed by atoms with E-state index in [4.69, 9.17) is 33.7 Å². The highest BCUT2D eigenvalue weighted by Crippen LogP contribution is 2.22. The summed E-state index contributed by atoms with van der Waals surface area (Å²) in [7, 11) is 1.71. The second kappa shape index (κ2) is 7.22. The predicted molar refractivity (Wildman–Crippen MR) is 73.8 cm³/mol. The third kappa shape index (κ3) is 5.26. The molecule has 2 N–H and O–H groups in total. The Hall–Kier alpha value is -0.280. The molecule has 4 heteroatoms. The Morgan fingerprint density at radius 1 is 1.29 bits per heavy atom. The Balaban J connectivity index is 2.50. The summed E-state index contributed by atoms with van der Waals surface area (Å²) in [5, 5.41) is 1.42. The van der Waals surface area contributed by atoms with Gasteiger partial charge in [-0.3, -0.25) is 0 Å². The molecule has 0 aliphatic rings. The van der Waals surface area contributed by atoms with Crippen LogP contribution in [0.4, 0.5) is 0 Å². The van der Waals surface area contributed by atoms with E-state index in [1.807, 2.05) is 19.1 Å². The van der Waals surface area contributed by atoms with Crippen LogP contribution in [0.3, 0.4) is 0 Å². The Kier molecular flexibility index (Phi) is 6.28. The summed E-state index contributed by atoms with van der Waals surface area (Å²) >= 11 is 12.0. The standard InChI is InChI=1S/C13H19Cl2NO/c1-9(17-2)3-5-12(16)8-10-7-11(14)4-6-13(10)15/h4,6-7,9,12H,3,5,8,16H2,1-2H3. The van der Waals surface area contributed by atoms with Crippen LogP contribution in [0, 0.1) is 0 Å². The lowest BCUT2D eigenvalue weighted by atomic mass is 10.0. The number of benzene rings is 1. The Bertz CT molecular complexity index is 357. The summed E-state index contributed by atoms with van der Waals surface area (Å²) < 4.78 is 5.19. The van der Waals surface area contributed by atoms with Crippen molar-refractivity contribution in [3.8, 4) is 0 Å². The van der Waals surface area contributed by atoms with Gasteiger partial charge in [-0.2, -0.15) is 0 Å². The van der Waals surface area contributed by atoms with Crippen molar-refractivity contribution in [2.75, 3.05) is 7.11 Å². The molecule has 2 nitrogen and oxygen atoms in total. The largest absolute Gasteiger partial charge is 0.382 e. The van der Waals surface area contributed by atoms with Crippen molar-refractivity contribution in [2.45, 2.75) is 38.3 Å². The van der Waals surface area contributed by atoms with E-state index in [0.29, 0.717) is 5.02 Å². The van der Waals surface area contributed by atoms with Crippen LogP contribution >= 0.6 is 23.2 Å². The monoisotopic (exact) mass is 275 g/mol. The van der Waals surface area contributed by atoms with E-state index in [0.717, 1.165) is 29.8 Å². The number of methoxy groups -OCH3 is 1. The van der Waals surface area contributed by atoms with Crippen molar-refractivity contribution in [3.05, 3.63) is 33.8 Å². The second-order valence-corrected chi connectivity index (χ2v) is 5.17. The van der Waals surface area contributed by atoms with Crippen molar-refractivity contribution in [3.63, 3.8) is 0 Å². The van der Waals surface area contributed by atoms with E-state index in [2.05, 4.69) is 0 Å². The molecule has 0 fully saturated rings. The molecule has 0 bridgehead atoms. The van der Waals surface area contributed by atoms with E-state index in [-0.39, 0.29) is 12.1 Å². The van der Waals surface area contributed by atoms with E-state index in [1.165, 1.54) is 0 Å². The summed E-state index contributed by atoms with van der Waals surface area (Å²) in [4.78, 5) is 0. The molecular weight excluding hydrogens is 257 g/mol. The van der Waals surface area contributed by atoms with Crippen LogP contribution in [0.2, 0.25) is 10.0 Å². The predicted octanol–water partition coefficient (Wildman–Crippen LogP) is 3.68. The fraction of sp³-hybridized carbons (Fsp3) is 0.538. The average Bonchev–Trinajstić information content (AvgIpc) is 2.30. The zero-order valence-corrected chi connectivity index (χ0v) is 11.8. The zero-order chi connectivity index (χ0) is 12.8. The first kappa shape index (κ1) is 14.8. The summed E-state index contributed by atoms with van der Waals surface area (Å²) in [5.41, 5.74) is 7.08. The van der Waals surface area contributed by atoms with Gasteiger partial charge in [0.2, 0.25) is 0 Å². The molecule has 0 heterocycles. The quantitative estimate of drug-likeness (QED) is 0.860. The topological polar surface area (TPSA) is 35.2 Å². The van der Waals surface area contributed by atoms with Crippen LogP contribution in [0.15, 0.2) is 18.2 Å². The first-order valence-corrected chi connectivity index (χ1v) is 6.50. The van der Waals surface area contributed by atoms with E-state index in [1.54, 1.807) is 13.2 Å². The number of nitrogens with two attached hydrogens (primary N) is 1. The molecule has 1 rings (SSSR count). The van der Waals surface area contributed by atoms with Crippen molar-refractivity contribution >= 4 is 23.2 Å². The van der Waals surface area contributed by atoms with Crippen LogP contribution in [0.5, 0.6) is 0 Å². The third-order valence-electron chi connectivity index (χ3n) is 2.84. The van der Waals surface area contributed by atoms with Gasteiger partial charge in [0.05, 0.1) is 6.10 Å². The molecule has 1 aromatic carbocycles. The van der Waals surface area contributed by atoms with Crippen molar-refractivity contribution in [1.29, 1.82) is 0 Å². The molecule has 0 aromatic heterocycles. The Morgan fingerprint density at radius 3 is 2.65 bits per heavy atom. The van der Waals surface area contributed by atoms with E-state index < -0.39 is 0 Å². The summed E-state index contributed by atoms with van der Waals surface area (Å²) in [6.45, 7) is 2.04. The summed E-state index contributed by atoms with van der Waals surface area (Å²) in [6.07, 6.45) is 2.86. The van der Waals surface area contributed by atoms with Gasteiger partial charge in [-0.25, -0.2) is 0 Å².